The number of hydrogen-bond donors (Lipinski definition) is 1. The van der Waals surface area contributed by atoms with Gasteiger partial charge in [-0.25, -0.2) is 9.78 Å². The average molecular weight is 310 g/mol. The molecule has 0 saturated carbocycles. The number of nitrogens with one attached hydrogen (secondary N) is 1. The Morgan fingerprint density at radius 2 is 1.96 bits per heavy atom. The predicted octanol–water partition coefficient (Wildman–Crippen LogP) is 2.35. The maximum Gasteiger partial charge on any atom is 0.323 e. The minimum Gasteiger partial charge on any atom is -0.315 e. The van der Waals surface area contributed by atoms with Crippen LogP contribution in [-0.4, -0.2) is 41.5 Å². The fourth-order valence-corrected chi connectivity index (χ4v) is 2.66. The number of anilines is 2. The first-order valence-corrected chi connectivity index (χ1v) is 7.48. The van der Waals surface area contributed by atoms with E-state index in [-0.39, 0.29) is 11.9 Å². The SMILES string of the molecule is CN(C(=O)Nc1ccccn1)[C@H]1CCN(c2ccccc2)C1=O. The van der Waals surface area contributed by atoms with Gasteiger partial charge in [-0.1, -0.05) is 24.3 Å². The molecule has 0 aliphatic carbocycles. The second-order valence-corrected chi connectivity index (χ2v) is 5.39. The number of likely N-dealkylation sites (N-methyl/N-ethyl adjacent to an activating group) is 1. The number of aromatic nitrogens is 1. The summed E-state index contributed by atoms with van der Waals surface area (Å²) in [6.45, 7) is 0.606. The predicted molar refractivity (Wildman–Crippen MR) is 88.2 cm³/mol. The van der Waals surface area contributed by atoms with Gasteiger partial charge in [-0.2, -0.15) is 0 Å². The molecule has 1 atom stereocenters. The molecule has 0 bridgehead atoms. The van der Waals surface area contributed by atoms with E-state index in [1.54, 1.807) is 36.3 Å². The lowest BCUT2D eigenvalue weighted by Gasteiger charge is -2.24. The molecule has 1 fully saturated rings. The largest absolute Gasteiger partial charge is 0.323 e. The van der Waals surface area contributed by atoms with Crippen molar-refractivity contribution in [2.45, 2.75) is 12.5 Å². The van der Waals surface area contributed by atoms with Crippen molar-refractivity contribution in [2.24, 2.45) is 0 Å². The highest BCUT2D eigenvalue weighted by molar-refractivity contribution is 6.02. The molecule has 6 heteroatoms. The smallest absolute Gasteiger partial charge is 0.315 e. The van der Waals surface area contributed by atoms with Crippen LogP contribution in [0.4, 0.5) is 16.3 Å². The maximum atomic E-state index is 12.6. The van der Waals surface area contributed by atoms with Crippen LogP contribution < -0.4 is 10.2 Å². The van der Waals surface area contributed by atoms with Crippen molar-refractivity contribution < 1.29 is 9.59 Å². The van der Waals surface area contributed by atoms with Gasteiger partial charge in [0.2, 0.25) is 5.91 Å². The van der Waals surface area contributed by atoms with Gasteiger partial charge in [-0.15, -0.1) is 0 Å². The zero-order valence-electron chi connectivity index (χ0n) is 12.8. The van der Waals surface area contributed by atoms with Crippen molar-refractivity contribution in [3.63, 3.8) is 0 Å². The minimum absolute atomic E-state index is 0.0603. The molecule has 6 nitrogen and oxygen atoms in total. The number of amides is 3. The van der Waals surface area contributed by atoms with Gasteiger partial charge in [0.1, 0.15) is 11.9 Å². The van der Waals surface area contributed by atoms with Crippen LogP contribution >= 0.6 is 0 Å². The highest BCUT2D eigenvalue weighted by Gasteiger charge is 2.37. The first kappa shape index (κ1) is 15.0. The summed E-state index contributed by atoms with van der Waals surface area (Å²) in [6, 6.07) is 14.0. The molecule has 0 radical (unpaired) electrons. The van der Waals surface area contributed by atoms with Crippen LogP contribution in [0.5, 0.6) is 0 Å². The van der Waals surface area contributed by atoms with Crippen molar-refractivity contribution in [2.75, 3.05) is 23.8 Å². The summed E-state index contributed by atoms with van der Waals surface area (Å²) in [5.74, 6) is 0.407. The van der Waals surface area contributed by atoms with Crippen molar-refractivity contribution >= 4 is 23.4 Å². The summed E-state index contributed by atoms with van der Waals surface area (Å²) in [5.41, 5.74) is 0.860. The van der Waals surface area contributed by atoms with Crippen LogP contribution in [0, 0.1) is 0 Å². The first-order valence-electron chi connectivity index (χ1n) is 7.48. The Morgan fingerprint density at radius 3 is 2.65 bits per heavy atom. The normalized spacial score (nSPS) is 17.2. The minimum atomic E-state index is -0.459. The van der Waals surface area contributed by atoms with Crippen molar-refractivity contribution in [3.8, 4) is 0 Å². The summed E-state index contributed by atoms with van der Waals surface area (Å²) in [6.07, 6.45) is 2.22. The molecular formula is C17H18N4O2. The van der Waals surface area contributed by atoms with E-state index in [2.05, 4.69) is 10.3 Å². The maximum absolute atomic E-state index is 12.6. The lowest BCUT2D eigenvalue weighted by Crippen LogP contribution is -2.44. The zero-order chi connectivity index (χ0) is 16.2. The monoisotopic (exact) mass is 310 g/mol. The second kappa shape index (κ2) is 6.48. The van der Waals surface area contributed by atoms with Crippen molar-refractivity contribution in [1.82, 2.24) is 9.88 Å². The van der Waals surface area contributed by atoms with Gasteiger partial charge in [0.05, 0.1) is 0 Å². The van der Waals surface area contributed by atoms with Crippen LogP contribution in [0.1, 0.15) is 6.42 Å². The third-order valence-corrected chi connectivity index (χ3v) is 3.93. The molecule has 1 aliphatic rings. The molecule has 3 rings (SSSR count). The summed E-state index contributed by atoms with van der Waals surface area (Å²) < 4.78 is 0. The number of para-hydroxylation sites is 1. The molecule has 0 spiro atoms. The number of rotatable bonds is 3. The van der Waals surface area contributed by atoms with E-state index in [4.69, 9.17) is 0 Å². The van der Waals surface area contributed by atoms with E-state index in [9.17, 15) is 9.59 Å². The molecule has 2 heterocycles. The first-order chi connectivity index (χ1) is 11.2. The van der Waals surface area contributed by atoms with Gasteiger partial charge in [0.25, 0.3) is 0 Å². The number of pyridine rings is 1. The quantitative estimate of drug-likeness (QED) is 0.946. The van der Waals surface area contributed by atoms with Crippen LogP contribution in [0.3, 0.4) is 0 Å². The molecule has 1 saturated heterocycles. The lowest BCUT2D eigenvalue weighted by molar-refractivity contribution is -0.120. The van der Waals surface area contributed by atoms with Gasteiger partial charge < -0.3 is 9.80 Å². The Kier molecular flexibility index (Phi) is 4.23. The molecule has 0 unspecified atom stereocenters. The Morgan fingerprint density at radius 1 is 1.22 bits per heavy atom. The van der Waals surface area contributed by atoms with Crippen molar-refractivity contribution in [3.05, 3.63) is 54.7 Å². The lowest BCUT2D eigenvalue weighted by atomic mass is 10.2. The van der Waals surface area contributed by atoms with E-state index in [0.717, 1.165) is 5.69 Å². The van der Waals surface area contributed by atoms with E-state index in [1.807, 2.05) is 30.3 Å². The number of carbonyl (C=O) groups is 2. The van der Waals surface area contributed by atoms with E-state index >= 15 is 0 Å². The second-order valence-electron chi connectivity index (χ2n) is 5.39. The number of benzene rings is 1. The number of hydrogen-bond acceptors (Lipinski definition) is 3. The van der Waals surface area contributed by atoms with Gasteiger partial charge in [-0.3, -0.25) is 10.1 Å². The summed E-state index contributed by atoms with van der Waals surface area (Å²) in [7, 11) is 1.63. The third kappa shape index (κ3) is 3.15. The van der Waals surface area contributed by atoms with Crippen LogP contribution in [0.2, 0.25) is 0 Å². The Labute approximate surface area is 134 Å². The Balaban J connectivity index is 1.67. The fraction of sp³-hybridized carbons (Fsp3) is 0.235. The molecule has 3 amide bonds. The topological polar surface area (TPSA) is 65.5 Å². The zero-order valence-corrected chi connectivity index (χ0v) is 12.8. The molecule has 1 aromatic heterocycles. The Hall–Kier alpha value is -2.89. The highest BCUT2D eigenvalue weighted by atomic mass is 16.2. The molecule has 1 aromatic carbocycles. The standard InChI is InChI=1S/C17H18N4O2/c1-20(17(23)19-15-9-5-6-11-18-15)14-10-12-21(16(14)22)13-7-3-2-4-8-13/h2-9,11,14H,10,12H2,1H3,(H,18,19,23)/t14-/m0/s1. The summed E-state index contributed by atoms with van der Waals surface area (Å²) in [4.78, 5) is 32.1. The van der Waals surface area contributed by atoms with E-state index < -0.39 is 6.04 Å². The van der Waals surface area contributed by atoms with Crippen LogP contribution in [0.15, 0.2) is 54.7 Å². The highest BCUT2D eigenvalue weighted by Crippen LogP contribution is 2.23. The average Bonchev–Trinajstić information content (AvgIpc) is 2.97. The Bertz CT molecular complexity index is 690. The van der Waals surface area contributed by atoms with Crippen LogP contribution in [-0.2, 0) is 4.79 Å². The number of carbonyl (C=O) groups excluding carboxylic acids is 2. The molecule has 118 valence electrons. The van der Waals surface area contributed by atoms with Crippen LogP contribution in [0.25, 0.3) is 0 Å². The fourth-order valence-electron chi connectivity index (χ4n) is 2.66. The van der Waals surface area contributed by atoms with Gasteiger partial charge in [-0.05, 0) is 30.7 Å². The summed E-state index contributed by atoms with van der Waals surface area (Å²) >= 11 is 0. The third-order valence-electron chi connectivity index (χ3n) is 3.93. The van der Waals surface area contributed by atoms with E-state index in [1.165, 1.54) is 4.90 Å². The summed E-state index contributed by atoms with van der Waals surface area (Å²) in [5, 5.41) is 2.70. The molecule has 1 aliphatic heterocycles. The molecule has 1 N–H and O–H groups in total. The molecular weight excluding hydrogens is 292 g/mol. The number of urea groups is 1. The van der Waals surface area contributed by atoms with Gasteiger partial charge in [0.15, 0.2) is 0 Å². The molecule has 2 aromatic rings. The van der Waals surface area contributed by atoms with E-state index in [0.29, 0.717) is 18.8 Å². The van der Waals surface area contributed by atoms with Crippen molar-refractivity contribution in [1.29, 1.82) is 0 Å². The molecule has 23 heavy (non-hydrogen) atoms. The van der Waals surface area contributed by atoms with Gasteiger partial charge in [0, 0.05) is 25.5 Å². The van der Waals surface area contributed by atoms with Gasteiger partial charge >= 0.3 is 6.03 Å². The number of nitrogens with zero attached hydrogens (tertiary/aromatic N) is 3.